The minimum atomic E-state index is -0.130. The number of hydrogen-bond donors (Lipinski definition) is 1. The number of nitrogens with one attached hydrogen (secondary N) is 1. The Labute approximate surface area is 141 Å². The van der Waals surface area contributed by atoms with Crippen LogP contribution in [0.3, 0.4) is 0 Å². The molecule has 0 fully saturated rings. The van der Waals surface area contributed by atoms with Crippen molar-refractivity contribution in [1.82, 2.24) is 0 Å². The number of carbonyl (C=O) groups excluding carboxylic acids is 2. The van der Waals surface area contributed by atoms with Crippen LogP contribution in [-0.2, 0) is 9.59 Å². The molecule has 5 heteroatoms. The number of anilines is 2. The van der Waals surface area contributed by atoms with Crippen LogP contribution in [0.4, 0.5) is 11.4 Å². The molecule has 0 aliphatic heterocycles. The minimum absolute atomic E-state index is 0.115. The highest BCUT2D eigenvalue weighted by molar-refractivity contribution is 6.30. The molecule has 0 aromatic heterocycles. The molecule has 0 heterocycles. The van der Waals surface area contributed by atoms with Crippen molar-refractivity contribution >= 4 is 34.8 Å². The van der Waals surface area contributed by atoms with Gasteiger partial charge in [0.05, 0.1) is 0 Å². The Morgan fingerprint density at radius 1 is 1.04 bits per heavy atom. The number of benzene rings is 2. The third-order valence-electron chi connectivity index (χ3n) is 3.42. The summed E-state index contributed by atoms with van der Waals surface area (Å²) in [7, 11) is 0. The van der Waals surface area contributed by atoms with Crippen molar-refractivity contribution in [3.63, 3.8) is 0 Å². The Balaban J connectivity index is 1.95. The van der Waals surface area contributed by atoms with Gasteiger partial charge in [-0.2, -0.15) is 0 Å². The summed E-state index contributed by atoms with van der Waals surface area (Å²) in [5, 5.41) is 3.43. The lowest BCUT2D eigenvalue weighted by Crippen LogP contribution is -2.31. The fourth-order valence-electron chi connectivity index (χ4n) is 2.16. The standard InChI is InChI=1S/C18H19ClN2O2/c1-13-3-7-16(8-4-13)20-18(23)11-12-21(14(2)22)17-9-5-15(19)6-10-17/h3-10H,11-12H2,1-2H3,(H,20,23). The molecule has 2 aromatic carbocycles. The molecular formula is C18H19ClN2O2. The predicted molar refractivity (Wildman–Crippen MR) is 93.9 cm³/mol. The van der Waals surface area contributed by atoms with Crippen molar-refractivity contribution < 1.29 is 9.59 Å². The molecule has 0 radical (unpaired) electrons. The normalized spacial score (nSPS) is 10.2. The summed E-state index contributed by atoms with van der Waals surface area (Å²) in [5.74, 6) is -0.246. The van der Waals surface area contributed by atoms with Crippen LogP contribution in [0.25, 0.3) is 0 Å². The van der Waals surface area contributed by atoms with Gasteiger partial charge in [-0.3, -0.25) is 9.59 Å². The van der Waals surface area contributed by atoms with E-state index in [0.29, 0.717) is 11.6 Å². The molecule has 0 aliphatic carbocycles. The Bertz CT molecular complexity index is 681. The maximum absolute atomic E-state index is 12.0. The van der Waals surface area contributed by atoms with Crippen molar-refractivity contribution in [3.8, 4) is 0 Å². The fraction of sp³-hybridized carbons (Fsp3) is 0.222. The van der Waals surface area contributed by atoms with Gasteiger partial charge in [-0.1, -0.05) is 29.3 Å². The third kappa shape index (κ3) is 5.11. The van der Waals surface area contributed by atoms with E-state index in [1.807, 2.05) is 31.2 Å². The molecule has 0 bridgehead atoms. The number of aryl methyl sites for hydroxylation is 1. The Morgan fingerprint density at radius 3 is 2.22 bits per heavy atom. The quantitative estimate of drug-likeness (QED) is 0.899. The van der Waals surface area contributed by atoms with E-state index in [1.54, 1.807) is 29.2 Å². The van der Waals surface area contributed by atoms with E-state index in [-0.39, 0.29) is 18.2 Å². The van der Waals surface area contributed by atoms with Gasteiger partial charge in [0.2, 0.25) is 11.8 Å². The van der Waals surface area contributed by atoms with Crippen LogP contribution < -0.4 is 10.2 Å². The molecule has 2 aromatic rings. The molecule has 0 unspecified atom stereocenters. The zero-order chi connectivity index (χ0) is 16.8. The van der Waals surface area contributed by atoms with E-state index in [2.05, 4.69) is 5.32 Å². The average molecular weight is 331 g/mol. The summed E-state index contributed by atoms with van der Waals surface area (Å²) >= 11 is 5.86. The largest absolute Gasteiger partial charge is 0.326 e. The Hall–Kier alpha value is -2.33. The van der Waals surface area contributed by atoms with Gasteiger partial charge in [-0.25, -0.2) is 0 Å². The average Bonchev–Trinajstić information content (AvgIpc) is 2.51. The number of carbonyl (C=O) groups is 2. The van der Waals surface area contributed by atoms with Crippen LogP contribution in [0.1, 0.15) is 18.9 Å². The van der Waals surface area contributed by atoms with Crippen LogP contribution in [0.2, 0.25) is 5.02 Å². The van der Waals surface area contributed by atoms with E-state index < -0.39 is 0 Å². The van der Waals surface area contributed by atoms with Crippen LogP contribution in [0, 0.1) is 6.92 Å². The van der Waals surface area contributed by atoms with Gasteiger partial charge in [-0.15, -0.1) is 0 Å². The van der Waals surface area contributed by atoms with Gasteiger partial charge >= 0.3 is 0 Å². The summed E-state index contributed by atoms with van der Waals surface area (Å²) in [6, 6.07) is 14.6. The molecule has 0 spiro atoms. The van der Waals surface area contributed by atoms with E-state index in [0.717, 1.165) is 16.9 Å². The summed E-state index contributed by atoms with van der Waals surface area (Å²) in [6.45, 7) is 3.78. The van der Waals surface area contributed by atoms with Gasteiger partial charge < -0.3 is 10.2 Å². The van der Waals surface area contributed by atoms with Gasteiger partial charge in [-0.05, 0) is 43.3 Å². The molecule has 0 saturated carbocycles. The lowest BCUT2D eigenvalue weighted by Gasteiger charge is -2.21. The highest BCUT2D eigenvalue weighted by Crippen LogP contribution is 2.18. The van der Waals surface area contributed by atoms with E-state index in [9.17, 15) is 9.59 Å². The molecular weight excluding hydrogens is 312 g/mol. The minimum Gasteiger partial charge on any atom is -0.326 e. The van der Waals surface area contributed by atoms with Gasteiger partial charge in [0, 0.05) is 36.3 Å². The molecule has 2 amide bonds. The molecule has 1 N–H and O–H groups in total. The molecule has 23 heavy (non-hydrogen) atoms. The molecule has 0 atom stereocenters. The second-order valence-corrected chi connectivity index (χ2v) is 5.75. The first kappa shape index (κ1) is 17.0. The highest BCUT2D eigenvalue weighted by Gasteiger charge is 2.13. The number of hydrogen-bond acceptors (Lipinski definition) is 2. The summed E-state index contributed by atoms with van der Waals surface area (Å²) in [4.78, 5) is 25.4. The summed E-state index contributed by atoms with van der Waals surface area (Å²) in [5.41, 5.74) is 2.61. The second-order valence-electron chi connectivity index (χ2n) is 5.31. The summed E-state index contributed by atoms with van der Waals surface area (Å²) < 4.78 is 0. The number of nitrogens with zero attached hydrogens (tertiary/aromatic N) is 1. The molecule has 2 rings (SSSR count). The highest BCUT2D eigenvalue weighted by atomic mass is 35.5. The van der Waals surface area contributed by atoms with Crippen LogP contribution >= 0.6 is 11.6 Å². The smallest absolute Gasteiger partial charge is 0.226 e. The lowest BCUT2D eigenvalue weighted by atomic mass is 10.2. The molecule has 0 saturated heterocycles. The molecule has 0 aliphatic rings. The second kappa shape index (κ2) is 7.79. The van der Waals surface area contributed by atoms with Crippen LogP contribution in [0.15, 0.2) is 48.5 Å². The van der Waals surface area contributed by atoms with Crippen molar-refractivity contribution in [1.29, 1.82) is 0 Å². The lowest BCUT2D eigenvalue weighted by molar-refractivity contribution is -0.117. The van der Waals surface area contributed by atoms with Crippen molar-refractivity contribution in [2.45, 2.75) is 20.3 Å². The van der Waals surface area contributed by atoms with Crippen molar-refractivity contribution in [2.75, 3.05) is 16.8 Å². The third-order valence-corrected chi connectivity index (χ3v) is 3.67. The predicted octanol–water partition coefficient (Wildman–Crippen LogP) is 4.03. The van der Waals surface area contributed by atoms with Crippen LogP contribution in [-0.4, -0.2) is 18.4 Å². The zero-order valence-electron chi connectivity index (χ0n) is 13.2. The maximum atomic E-state index is 12.0. The molecule has 4 nitrogen and oxygen atoms in total. The van der Waals surface area contributed by atoms with Gasteiger partial charge in [0.25, 0.3) is 0 Å². The monoisotopic (exact) mass is 330 g/mol. The van der Waals surface area contributed by atoms with Crippen molar-refractivity contribution in [2.24, 2.45) is 0 Å². The Kier molecular flexibility index (Phi) is 5.77. The SMILES string of the molecule is CC(=O)N(CCC(=O)Nc1ccc(C)cc1)c1ccc(Cl)cc1. The first-order valence-electron chi connectivity index (χ1n) is 7.36. The van der Waals surface area contributed by atoms with Gasteiger partial charge in [0.1, 0.15) is 0 Å². The maximum Gasteiger partial charge on any atom is 0.226 e. The number of rotatable bonds is 5. The van der Waals surface area contributed by atoms with E-state index >= 15 is 0 Å². The first-order chi connectivity index (χ1) is 11.0. The van der Waals surface area contributed by atoms with Gasteiger partial charge in [0.15, 0.2) is 0 Å². The fourth-order valence-corrected chi connectivity index (χ4v) is 2.29. The topological polar surface area (TPSA) is 49.4 Å². The first-order valence-corrected chi connectivity index (χ1v) is 7.73. The Morgan fingerprint density at radius 2 is 1.65 bits per heavy atom. The van der Waals surface area contributed by atoms with E-state index in [1.165, 1.54) is 6.92 Å². The zero-order valence-corrected chi connectivity index (χ0v) is 13.9. The van der Waals surface area contributed by atoms with E-state index in [4.69, 9.17) is 11.6 Å². The molecule has 120 valence electrons. The number of halogens is 1. The summed E-state index contributed by atoms with van der Waals surface area (Å²) in [6.07, 6.45) is 0.218. The number of amides is 2. The van der Waals surface area contributed by atoms with Crippen LogP contribution in [0.5, 0.6) is 0 Å². The van der Waals surface area contributed by atoms with Crippen molar-refractivity contribution in [3.05, 3.63) is 59.1 Å².